The Labute approximate surface area is 264 Å². The molecule has 2 aliphatic heterocycles. The zero-order valence-corrected chi connectivity index (χ0v) is 26.4. The van der Waals surface area contributed by atoms with Gasteiger partial charge in [0.15, 0.2) is 5.17 Å². The largest absolute Gasteiger partial charge is 0.492 e. The summed E-state index contributed by atoms with van der Waals surface area (Å²) < 4.78 is 10.7. The highest BCUT2D eigenvalue weighted by Gasteiger charge is 2.39. The van der Waals surface area contributed by atoms with Gasteiger partial charge in [-0.05, 0) is 54.6 Å². The quantitative estimate of drug-likeness (QED) is 0.182. The van der Waals surface area contributed by atoms with Gasteiger partial charge in [-0.25, -0.2) is 4.99 Å². The second kappa shape index (κ2) is 14.2. The number of amides is 2. The molecule has 2 amide bonds. The number of nitrogens with zero attached hydrogens (tertiary/aromatic N) is 3. The van der Waals surface area contributed by atoms with E-state index in [1.54, 1.807) is 22.7 Å². The van der Waals surface area contributed by atoms with Gasteiger partial charge in [0.2, 0.25) is 5.91 Å². The first-order valence-corrected chi connectivity index (χ1v) is 15.9. The minimum atomic E-state index is -0.266. The number of rotatable bonds is 11. The lowest BCUT2D eigenvalue weighted by Gasteiger charge is -2.17. The van der Waals surface area contributed by atoms with Crippen molar-refractivity contribution in [2.24, 2.45) is 4.99 Å². The highest BCUT2D eigenvalue weighted by Crippen LogP contribution is 2.51. The van der Waals surface area contributed by atoms with Crippen LogP contribution in [0.2, 0.25) is 0 Å². The summed E-state index contributed by atoms with van der Waals surface area (Å²) in [5.41, 5.74) is 3.92. The Balaban J connectivity index is 1.53. The number of carbonyl (C=O) groups is 2. The number of amidine groups is 1. The summed E-state index contributed by atoms with van der Waals surface area (Å²) in [5.74, 6) is 0.740. The van der Waals surface area contributed by atoms with Crippen LogP contribution in [-0.2, 0) is 20.9 Å². The van der Waals surface area contributed by atoms with E-state index in [2.05, 4.69) is 10.6 Å². The normalized spacial score (nSPS) is 17.0. The van der Waals surface area contributed by atoms with Crippen LogP contribution in [0.5, 0.6) is 5.75 Å². The Hall–Kier alpha value is -3.64. The van der Waals surface area contributed by atoms with Gasteiger partial charge in [-0.15, -0.1) is 11.6 Å². The van der Waals surface area contributed by atoms with Crippen molar-refractivity contribution >= 4 is 74.9 Å². The summed E-state index contributed by atoms with van der Waals surface area (Å²) in [4.78, 5) is 36.7. The maximum absolute atomic E-state index is 14.1. The lowest BCUT2D eigenvalue weighted by atomic mass is 10.2. The van der Waals surface area contributed by atoms with Crippen LogP contribution in [0.25, 0.3) is 0 Å². The number of carbonyl (C=O) groups excluding carboxylic acids is 2. The number of fused-ring (bicyclic) bond motifs is 1. The smallest absolute Gasteiger partial charge is 0.269 e. The monoisotopic (exact) mass is 637 g/mol. The zero-order valence-electron chi connectivity index (χ0n) is 24.1. The molecular weight excluding hydrogens is 606 g/mol. The molecule has 9 nitrogen and oxygen atoms in total. The van der Waals surface area contributed by atoms with Crippen LogP contribution >= 0.6 is 35.1 Å². The average molecular weight is 638 g/mol. The molecule has 0 aromatic heterocycles. The molecule has 2 heterocycles. The van der Waals surface area contributed by atoms with Crippen molar-refractivity contribution in [3.63, 3.8) is 0 Å². The third-order valence-electron chi connectivity index (χ3n) is 6.53. The molecular formula is C31H32ClN5O4S2. The van der Waals surface area contributed by atoms with Gasteiger partial charge in [0, 0.05) is 37.4 Å². The van der Waals surface area contributed by atoms with Crippen molar-refractivity contribution in [3.8, 4) is 5.75 Å². The zero-order chi connectivity index (χ0) is 30.3. The number of ether oxygens (including phenoxy) is 2. The van der Waals surface area contributed by atoms with Gasteiger partial charge in [-0.3, -0.25) is 14.5 Å². The number of hydrogen-bond donors (Lipinski definition) is 2. The highest BCUT2D eigenvalue weighted by atomic mass is 35.5. The van der Waals surface area contributed by atoms with Gasteiger partial charge < -0.3 is 25.0 Å². The van der Waals surface area contributed by atoms with Crippen molar-refractivity contribution in [1.29, 1.82) is 0 Å². The minimum absolute atomic E-state index is 0.0567. The summed E-state index contributed by atoms with van der Waals surface area (Å²) in [5, 5.41) is 7.55. The molecule has 12 heteroatoms. The first kappa shape index (κ1) is 30.8. The van der Waals surface area contributed by atoms with Gasteiger partial charge in [0.1, 0.15) is 23.9 Å². The second-order valence-corrected chi connectivity index (χ2v) is 12.0. The van der Waals surface area contributed by atoms with E-state index < -0.39 is 0 Å². The number of benzene rings is 3. The van der Waals surface area contributed by atoms with E-state index in [1.807, 2.05) is 79.5 Å². The van der Waals surface area contributed by atoms with Crippen LogP contribution in [0.4, 0.5) is 22.7 Å². The van der Waals surface area contributed by atoms with Crippen LogP contribution in [-0.4, -0.2) is 61.7 Å². The van der Waals surface area contributed by atoms with Crippen LogP contribution < -0.4 is 20.3 Å². The number of nitrogens with one attached hydrogen (secondary N) is 2. The minimum Gasteiger partial charge on any atom is -0.492 e. The molecule has 224 valence electrons. The van der Waals surface area contributed by atoms with Crippen LogP contribution in [0.3, 0.4) is 0 Å². The van der Waals surface area contributed by atoms with Crippen molar-refractivity contribution < 1.29 is 19.1 Å². The van der Waals surface area contributed by atoms with Gasteiger partial charge >= 0.3 is 0 Å². The SMILES string of the molecule is CCNc1ccc(NC(=O)COC)cc1N=C1S/C(=C2\Sc3ccc(OCCCl)cc3N2C)C(=O)N1Cc1ccccc1. The maximum atomic E-state index is 14.1. The van der Waals surface area contributed by atoms with Crippen molar-refractivity contribution in [1.82, 2.24) is 4.90 Å². The number of thioether (sulfide) groups is 2. The van der Waals surface area contributed by atoms with Crippen molar-refractivity contribution in [3.05, 3.63) is 82.2 Å². The van der Waals surface area contributed by atoms with Gasteiger partial charge in [-0.2, -0.15) is 0 Å². The molecule has 2 aliphatic rings. The number of aliphatic imine (C=N–C) groups is 1. The summed E-state index contributed by atoms with van der Waals surface area (Å²) in [7, 11) is 3.42. The Morgan fingerprint density at radius 3 is 2.63 bits per heavy atom. The lowest BCUT2D eigenvalue weighted by molar-refractivity contribution is -0.122. The topological polar surface area (TPSA) is 95.5 Å². The van der Waals surface area contributed by atoms with E-state index in [1.165, 1.54) is 18.9 Å². The Bertz CT molecular complexity index is 1570. The van der Waals surface area contributed by atoms with Crippen LogP contribution in [0, 0.1) is 0 Å². The number of hydrogen-bond acceptors (Lipinski definition) is 9. The fourth-order valence-electron chi connectivity index (χ4n) is 4.57. The Kier molecular flexibility index (Phi) is 10.2. The van der Waals surface area contributed by atoms with Gasteiger partial charge in [0.25, 0.3) is 5.91 Å². The number of anilines is 3. The number of halogens is 1. The molecule has 0 atom stereocenters. The van der Waals surface area contributed by atoms with E-state index >= 15 is 0 Å². The third-order valence-corrected chi connectivity index (χ3v) is 9.12. The first-order chi connectivity index (χ1) is 20.9. The van der Waals surface area contributed by atoms with Crippen molar-refractivity contribution in [2.75, 3.05) is 55.3 Å². The lowest BCUT2D eigenvalue weighted by Crippen LogP contribution is -2.29. The maximum Gasteiger partial charge on any atom is 0.269 e. The van der Waals surface area contributed by atoms with Gasteiger partial charge in [-0.1, -0.05) is 42.1 Å². The van der Waals surface area contributed by atoms with E-state index in [4.69, 9.17) is 26.1 Å². The molecule has 3 aromatic rings. The van der Waals surface area contributed by atoms with E-state index in [-0.39, 0.29) is 18.4 Å². The molecule has 3 aromatic carbocycles. The molecule has 0 radical (unpaired) electrons. The van der Waals surface area contributed by atoms with E-state index in [0.29, 0.717) is 47.0 Å². The van der Waals surface area contributed by atoms with E-state index in [0.717, 1.165) is 32.6 Å². The predicted molar refractivity (Wildman–Crippen MR) is 177 cm³/mol. The fraction of sp³-hybridized carbons (Fsp3) is 0.258. The molecule has 0 saturated carbocycles. The average Bonchev–Trinajstić information content (AvgIpc) is 3.49. The summed E-state index contributed by atoms with van der Waals surface area (Å²) in [6.07, 6.45) is 0. The standard InChI is InChI=1S/C31H32ClN5O4S2/c1-4-33-23-12-10-21(34-27(38)19-40-3)16-24(23)35-31-37(18-20-8-6-5-7-9-20)29(39)28(43-31)30-36(2)25-17-22(41-15-14-32)11-13-26(25)42-30/h5-13,16-17,33H,4,14-15,18-19H2,1-3H3,(H,34,38)/b30-28-,35-31?. The van der Waals surface area contributed by atoms with Crippen LogP contribution in [0.1, 0.15) is 12.5 Å². The Morgan fingerprint density at radius 1 is 1.07 bits per heavy atom. The predicted octanol–water partition coefficient (Wildman–Crippen LogP) is 6.50. The van der Waals surface area contributed by atoms with Gasteiger partial charge in [0.05, 0.1) is 34.5 Å². The number of methoxy groups -OCH3 is 1. The molecule has 1 fully saturated rings. The molecule has 0 spiro atoms. The number of alkyl halides is 1. The molecule has 43 heavy (non-hydrogen) atoms. The molecule has 1 saturated heterocycles. The summed E-state index contributed by atoms with van der Waals surface area (Å²) in [6.45, 7) is 3.40. The first-order valence-electron chi connectivity index (χ1n) is 13.7. The van der Waals surface area contributed by atoms with Crippen LogP contribution in [0.15, 0.2) is 86.6 Å². The summed E-state index contributed by atoms with van der Waals surface area (Å²) in [6, 6.07) is 21.2. The molecule has 0 unspecified atom stereocenters. The molecule has 2 N–H and O–H groups in total. The third kappa shape index (κ3) is 7.13. The second-order valence-electron chi connectivity index (χ2n) is 9.58. The Morgan fingerprint density at radius 2 is 1.88 bits per heavy atom. The van der Waals surface area contributed by atoms with Crippen molar-refractivity contribution in [2.45, 2.75) is 18.4 Å². The molecule has 5 rings (SSSR count). The molecule has 0 bridgehead atoms. The summed E-state index contributed by atoms with van der Waals surface area (Å²) >= 11 is 8.70. The molecule has 0 aliphatic carbocycles. The highest BCUT2D eigenvalue weighted by molar-refractivity contribution is 8.19. The van der Waals surface area contributed by atoms with E-state index in [9.17, 15) is 9.59 Å². The fourth-order valence-corrected chi connectivity index (χ4v) is 6.96.